The average molecular weight is 213 g/mol. The van der Waals surface area contributed by atoms with E-state index in [1.54, 1.807) is 0 Å². The van der Waals surface area contributed by atoms with Gasteiger partial charge in [0.05, 0.1) is 24.7 Å². The van der Waals surface area contributed by atoms with Crippen molar-refractivity contribution in [3.8, 4) is 6.07 Å². The summed E-state index contributed by atoms with van der Waals surface area (Å²) in [6.07, 6.45) is 1.50. The van der Waals surface area contributed by atoms with E-state index in [1.165, 1.54) is 0 Å². The quantitative estimate of drug-likeness (QED) is 0.671. The van der Waals surface area contributed by atoms with Crippen LogP contribution in [-0.4, -0.2) is 6.61 Å². The number of benzene rings is 1. The second kappa shape index (κ2) is 4.96. The standard InChI is InChI=1S/C14H15NO/c1-11-7-8-16-14(13(9-11)10-15)12-5-3-2-4-6-12/h2-6,13-14H,1,7-9H2. The minimum absolute atomic E-state index is 0.106. The summed E-state index contributed by atoms with van der Waals surface area (Å²) in [5, 5.41) is 9.19. The Morgan fingerprint density at radius 3 is 2.75 bits per heavy atom. The third-order valence-electron chi connectivity index (χ3n) is 2.92. The number of hydrogen-bond donors (Lipinski definition) is 0. The first-order valence-corrected chi connectivity index (χ1v) is 5.54. The Balaban J connectivity index is 2.25. The summed E-state index contributed by atoms with van der Waals surface area (Å²) >= 11 is 0. The maximum Gasteiger partial charge on any atom is 0.0986 e. The van der Waals surface area contributed by atoms with Crippen molar-refractivity contribution in [1.29, 1.82) is 5.26 Å². The van der Waals surface area contributed by atoms with Gasteiger partial charge in [0.2, 0.25) is 0 Å². The highest BCUT2D eigenvalue weighted by Crippen LogP contribution is 2.33. The molecule has 1 aromatic rings. The maximum atomic E-state index is 9.19. The van der Waals surface area contributed by atoms with Crippen LogP contribution in [0.5, 0.6) is 0 Å². The van der Waals surface area contributed by atoms with Crippen LogP contribution < -0.4 is 0 Å². The van der Waals surface area contributed by atoms with Gasteiger partial charge in [0.15, 0.2) is 0 Å². The predicted molar refractivity (Wildman–Crippen MR) is 62.6 cm³/mol. The summed E-state index contributed by atoms with van der Waals surface area (Å²) in [7, 11) is 0. The number of ether oxygens (including phenoxy) is 1. The van der Waals surface area contributed by atoms with Crippen molar-refractivity contribution in [1.82, 2.24) is 0 Å². The van der Waals surface area contributed by atoms with Gasteiger partial charge in [-0.3, -0.25) is 0 Å². The van der Waals surface area contributed by atoms with Gasteiger partial charge in [-0.15, -0.1) is 0 Å². The molecule has 0 amide bonds. The first kappa shape index (κ1) is 10.9. The lowest BCUT2D eigenvalue weighted by atomic mass is 9.91. The normalized spacial score (nSPS) is 25.8. The Morgan fingerprint density at radius 1 is 1.31 bits per heavy atom. The first-order chi connectivity index (χ1) is 7.81. The minimum Gasteiger partial charge on any atom is -0.372 e. The Morgan fingerprint density at radius 2 is 2.06 bits per heavy atom. The molecule has 2 rings (SSSR count). The van der Waals surface area contributed by atoms with E-state index in [0.29, 0.717) is 6.61 Å². The Bertz CT molecular complexity index is 404. The molecule has 0 saturated carbocycles. The molecule has 2 heteroatoms. The maximum absolute atomic E-state index is 9.19. The molecule has 1 aromatic carbocycles. The molecule has 0 radical (unpaired) electrons. The summed E-state index contributed by atoms with van der Waals surface area (Å²) in [6.45, 7) is 4.63. The SMILES string of the molecule is C=C1CCOC(c2ccccc2)C(C#N)C1. The van der Waals surface area contributed by atoms with E-state index in [1.807, 2.05) is 30.3 Å². The smallest absolute Gasteiger partial charge is 0.0986 e. The van der Waals surface area contributed by atoms with Crippen molar-refractivity contribution in [2.45, 2.75) is 18.9 Å². The summed E-state index contributed by atoms with van der Waals surface area (Å²) in [5.41, 5.74) is 2.20. The Hall–Kier alpha value is -1.59. The highest BCUT2D eigenvalue weighted by atomic mass is 16.5. The molecule has 2 atom stereocenters. The van der Waals surface area contributed by atoms with Crippen molar-refractivity contribution >= 4 is 0 Å². The molecule has 82 valence electrons. The second-order valence-electron chi connectivity index (χ2n) is 4.14. The van der Waals surface area contributed by atoms with Gasteiger partial charge in [-0.1, -0.05) is 42.5 Å². The zero-order chi connectivity index (χ0) is 11.4. The molecule has 2 unspecified atom stereocenters. The molecule has 0 bridgehead atoms. The average Bonchev–Trinajstić information content (AvgIpc) is 2.51. The molecule has 1 heterocycles. The molecule has 0 aromatic heterocycles. The van der Waals surface area contributed by atoms with Crippen LogP contribution in [0, 0.1) is 17.2 Å². The fraction of sp³-hybridized carbons (Fsp3) is 0.357. The topological polar surface area (TPSA) is 33.0 Å². The third kappa shape index (κ3) is 2.32. The summed E-state index contributed by atoms with van der Waals surface area (Å²) in [5.74, 6) is -0.114. The minimum atomic E-state index is -0.114. The van der Waals surface area contributed by atoms with Crippen molar-refractivity contribution in [3.05, 3.63) is 48.0 Å². The van der Waals surface area contributed by atoms with Crippen LogP contribution in [0.2, 0.25) is 0 Å². The van der Waals surface area contributed by atoms with Gasteiger partial charge in [-0.2, -0.15) is 5.26 Å². The van der Waals surface area contributed by atoms with E-state index in [-0.39, 0.29) is 12.0 Å². The molecule has 0 aliphatic carbocycles. The van der Waals surface area contributed by atoms with Crippen LogP contribution in [0.1, 0.15) is 24.5 Å². The van der Waals surface area contributed by atoms with Gasteiger partial charge in [0, 0.05) is 0 Å². The number of nitriles is 1. The van der Waals surface area contributed by atoms with E-state index in [2.05, 4.69) is 12.6 Å². The van der Waals surface area contributed by atoms with E-state index in [0.717, 1.165) is 24.0 Å². The number of nitrogens with zero attached hydrogens (tertiary/aromatic N) is 1. The van der Waals surface area contributed by atoms with Gasteiger partial charge in [0.1, 0.15) is 0 Å². The van der Waals surface area contributed by atoms with Crippen molar-refractivity contribution < 1.29 is 4.74 Å². The zero-order valence-electron chi connectivity index (χ0n) is 9.23. The highest BCUT2D eigenvalue weighted by molar-refractivity contribution is 5.21. The number of hydrogen-bond acceptors (Lipinski definition) is 2. The Labute approximate surface area is 96.2 Å². The molecule has 2 nitrogen and oxygen atoms in total. The highest BCUT2D eigenvalue weighted by Gasteiger charge is 2.26. The largest absolute Gasteiger partial charge is 0.372 e. The lowest BCUT2D eigenvalue weighted by molar-refractivity contribution is 0.0393. The van der Waals surface area contributed by atoms with Gasteiger partial charge in [-0.25, -0.2) is 0 Å². The van der Waals surface area contributed by atoms with Gasteiger partial charge in [0.25, 0.3) is 0 Å². The van der Waals surface area contributed by atoms with Crippen LogP contribution in [-0.2, 0) is 4.74 Å². The Kier molecular flexibility index (Phi) is 3.38. The zero-order valence-corrected chi connectivity index (χ0v) is 9.23. The molecule has 1 saturated heterocycles. The van der Waals surface area contributed by atoms with Gasteiger partial charge >= 0.3 is 0 Å². The van der Waals surface area contributed by atoms with E-state index < -0.39 is 0 Å². The first-order valence-electron chi connectivity index (χ1n) is 5.54. The van der Waals surface area contributed by atoms with Gasteiger partial charge in [-0.05, 0) is 18.4 Å². The van der Waals surface area contributed by atoms with Crippen LogP contribution >= 0.6 is 0 Å². The van der Waals surface area contributed by atoms with Crippen molar-refractivity contribution in [2.75, 3.05) is 6.61 Å². The summed E-state index contributed by atoms with van der Waals surface area (Å²) < 4.78 is 5.78. The second-order valence-corrected chi connectivity index (χ2v) is 4.14. The van der Waals surface area contributed by atoms with Crippen LogP contribution in [0.25, 0.3) is 0 Å². The molecular weight excluding hydrogens is 198 g/mol. The van der Waals surface area contributed by atoms with Crippen LogP contribution in [0.4, 0.5) is 0 Å². The summed E-state index contributed by atoms with van der Waals surface area (Å²) in [6, 6.07) is 12.3. The van der Waals surface area contributed by atoms with Crippen LogP contribution in [0.3, 0.4) is 0 Å². The molecule has 0 spiro atoms. The number of rotatable bonds is 1. The van der Waals surface area contributed by atoms with Gasteiger partial charge < -0.3 is 4.74 Å². The molecule has 16 heavy (non-hydrogen) atoms. The lowest BCUT2D eigenvalue weighted by Crippen LogP contribution is -2.12. The summed E-state index contributed by atoms with van der Waals surface area (Å²) in [4.78, 5) is 0. The fourth-order valence-electron chi connectivity index (χ4n) is 2.05. The monoisotopic (exact) mass is 213 g/mol. The predicted octanol–water partition coefficient (Wildman–Crippen LogP) is 3.23. The van der Waals surface area contributed by atoms with Crippen molar-refractivity contribution in [2.24, 2.45) is 5.92 Å². The molecular formula is C14H15NO. The molecule has 0 N–H and O–H groups in total. The van der Waals surface area contributed by atoms with E-state index in [4.69, 9.17) is 4.74 Å². The molecule has 1 aliphatic heterocycles. The van der Waals surface area contributed by atoms with Crippen molar-refractivity contribution in [3.63, 3.8) is 0 Å². The van der Waals surface area contributed by atoms with E-state index >= 15 is 0 Å². The van der Waals surface area contributed by atoms with E-state index in [9.17, 15) is 5.26 Å². The lowest BCUT2D eigenvalue weighted by Gasteiger charge is -2.19. The molecule has 1 fully saturated rings. The fourth-order valence-corrected chi connectivity index (χ4v) is 2.05. The third-order valence-corrected chi connectivity index (χ3v) is 2.92. The van der Waals surface area contributed by atoms with Crippen LogP contribution in [0.15, 0.2) is 42.5 Å². The molecule has 1 aliphatic rings.